The Morgan fingerprint density at radius 3 is 2.47 bits per heavy atom. The second kappa shape index (κ2) is 4.72. The third kappa shape index (κ3) is 2.44. The third-order valence-corrected chi connectivity index (χ3v) is 3.66. The van der Waals surface area contributed by atoms with Gasteiger partial charge in [0.2, 0.25) is 0 Å². The standard InChI is InChI=1S/C13H20ClN3O2/c1-13(2,3)9-6-10(15-16(9)4)17-7-8(19-5)11(14)12(17)18/h6-7,11-12,18H,1-5H3. The predicted octanol–water partition coefficient (Wildman–Crippen LogP) is 1.95. The number of aromatic nitrogens is 2. The Hall–Kier alpha value is -1.20. The highest BCUT2D eigenvalue weighted by Crippen LogP contribution is 2.32. The van der Waals surface area contributed by atoms with Crippen molar-refractivity contribution in [3.63, 3.8) is 0 Å². The van der Waals surface area contributed by atoms with Gasteiger partial charge in [-0.1, -0.05) is 20.8 Å². The van der Waals surface area contributed by atoms with Crippen LogP contribution in [0.15, 0.2) is 18.0 Å². The molecule has 19 heavy (non-hydrogen) atoms. The van der Waals surface area contributed by atoms with Gasteiger partial charge in [0.1, 0.15) is 11.1 Å². The summed E-state index contributed by atoms with van der Waals surface area (Å²) in [6.45, 7) is 6.36. The molecule has 1 aliphatic heterocycles. The number of rotatable bonds is 2. The highest BCUT2D eigenvalue weighted by atomic mass is 35.5. The van der Waals surface area contributed by atoms with E-state index >= 15 is 0 Å². The first kappa shape index (κ1) is 14.2. The molecule has 5 nitrogen and oxygen atoms in total. The van der Waals surface area contributed by atoms with E-state index in [1.165, 1.54) is 7.11 Å². The Balaban J connectivity index is 2.36. The fourth-order valence-corrected chi connectivity index (χ4v) is 2.49. The number of aliphatic hydroxyl groups is 1. The maximum atomic E-state index is 10.1. The number of anilines is 1. The molecule has 2 unspecified atom stereocenters. The lowest BCUT2D eigenvalue weighted by Gasteiger charge is -2.19. The lowest BCUT2D eigenvalue weighted by atomic mass is 9.92. The van der Waals surface area contributed by atoms with Gasteiger partial charge in [0.25, 0.3) is 0 Å². The monoisotopic (exact) mass is 285 g/mol. The Morgan fingerprint density at radius 2 is 2.05 bits per heavy atom. The Bertz CT molecular complexity index is 504. The van der Waals surface area contributed by atoms with Gasteiger partial charge in [0.15, 0.2) is 12.0 Å². The van der Waals surface area contributed by atoms with Crippen LogP contribution in [0.2, 0.25) is 0 Å². The summed E-state index contributed by atoms with van der Waals surface area (Å²) < 4.78 is 6.97. The van der Waals surface area contributed by atoms with Crippen LogP contribution in [0.3, 0.4) is 0 Å². The van der Waals surface area contributed by atoms with Crippen molar-refractivity contribution >= 4 is 17.4 Å². The largest absolute Gasteiger partial charge is 0.498 e. The van der Waals surface area contributed by atoms with Crippen molar-refractivity contribution in [1.29, 1.82) is 0 Å². The van der Waals surface area contributed by atoms with E-state index in [1.54, 1.807) is 11.1 Å². The summed E-state index contributed by atoms with van der Waals surface area (Å²) in [5.74, 6) is 1.20. The van der Waals surface area contributed by atoms with E-state index in [4.69, 9.17) is 16.3 Å². The Kier molecular flexibility index (Phi) is 3.53. The van der Waals surface area contributed by atoms with Gasteiger partial charge in [0, 0.05) is 30.4 Å². The van der Waals surface area contributed by atoms with Crippen LogP contribution in [0.4, 0.5) is 5.82 Å². The lowest BCUT2D eigenvalue weighted by molar-refractivity contribution is 0.172. The van der Waals surface area contributed by atoms with Crippen LogP contribution in [0.25, 0.3) is 0 Å². The molecule has 106 valence electrons. The fourth-order valence-electron chi connectivity index (χ4n) is 2.22. The highest BCUT2D eigenvalue weighted by molar-refractivity contribution is 6.23. The van der Waals surface area contributed by atoms with Gasteiger partial charge in [0.05, 0.1) is 7.11 Å². The van der Waals surface area contributed by atoms with Crippen LogP contribution < -0.4 is 4.90 Å². The smallest absolute Gasteiger partial charge is 0.157 e. The molecule has 1 aliphatic rings. The van der Waals surface area contributed by atoms with E-state index in [0.29, 0.717) is 11.6 Å². The fraction of sp³-hybridized carbons (Fsp3) is 0.615. The molecule has 0 saturated heterocycles. The molecule has 0 saturated carbocycles. The zero-order valence-electron chi connectivity index (χ0n) is 11.9. The number of nitrogens with zero attached hydrogens (tertiary/aromatic N) is 3. The zero-order valence-corrected chi connectivity index (χ0v) is 12.6. The molecule has 0 aromatic carbocycles. The molecule has 0 spiro atoms. The van der Waals surface area contributed by atoms with Crippen LogP contribution in [-0.4, -0.2) is 33.6 Å². The van der Waals surface area contributed by atoms with Gasteiger partial charge in [-0.05, 0) is 0 Å². The van der Waals surface area contributed by atoms with E-state index in [9.17, 15) is 5.11 Å². The Labute approximate surface area is 118 Å². The number of hydrogen-bond acceptors (Lipinski definition) is 4. The summed E-state index contributed by atoms with van der Waals surface area (Å²) >= 11 is 6.09. The van der Waals surface area contributed by atoms with Crippen LogP contribution in [0.5, 0.6) is 0 Å². The van der Waals surface area contributed by atoms with E-state index in [1.807, 2.05) is 17.8 Å². The molecule has 0 amide bonds. The Morgan fingerprint density at radius 1 is 1.42 bits per heavy atom. The minimum Gasteiger partial charge on any atom is -0.498 e. The number of alkyl halides is 1. The topological polar surface area (TPSA) is 50.5 Å². The second-order valence-corrected chi connectivity index (χ2v) is 6.19. The minimum atomic E-state index is -0.862. The van der Waals surface area contributed by atoms with Crippen LogP contribution >= 0.6 is 11.6 Å². The van der Waals surface area contributed by atoms with Gasteiger partial charge < -0.3 is 9.84 Å². The van der Waals surface area contributed by atoms with Gasteiger partial charge >= 0.3 is 0 Å². The summed E-state index contributed by atoms with van der Waals surface area (Å²) in [6.07, 6.45) is 0.830. The third-order valence-electron chi connectivity index (χ3n) is 3.22. The van der Waals surface area contributed by atoms with E-state index in [0.717, 1.165) is 5.69 Å². The molecular weight excluding hydrogens is 266 g/mol. The van der Waals surface area contributed by atoms with Gasteiger partial charge in [-0.15, -0.1) is 11.6 Å². The van der Waals surface area contributed by atoms with Gasteiger partial charge in [-0.25, -0.2) is 0 Å². The second-order valence-electron chi connectivity index (χ2n) is 5.72. The van der Waals surface area contributed by atoms with Crippen molar-refractivity contribution in [3.05, 3.63) is 23.7 Å². The average molecular weight is 286 g/mol. The van der Waals surface area contributed by atoms with Crippen LogP contribution in [0, 0.1) is 0 Å². The van der Waals surface area contributed by atoms with E-state index in [2.05, 4.69) is 25.9 Å². The summed E-state index contributed by atoms with van der Waals surface area (Å²) in [4.78, 5) is 1.63. The van der Waals surface area contributed by atoms with E-state index < -0.39 is 11.6 Å². The average Bonchev–Trinajstić information content (AvgIpc) is 2.82. The van der Waals surface area contributed by atoms with Crippen molar-refractivity contribution in [3.8, 4) is 0 Å². The zero-order chi connectivity index (χ0) is 14.4. The molecule has 0 radical (unpaired) electrons. The van der Waals surface area contributed by atoms with Gasteiger partial charge in [-0.3, -0.25) is 9.58 Å². The summed E-state index contributed by atoms with van der Waals surface area (Å²) in [5.41, 5.74) is 1.07. The molecule has 1 N–H and O–H groups in total. The first-order valence-corrected chi connectivity index (χ1v) is 6.60. The molecule has 2 heterocycles. The van der Waals surface area contributed by atoms with Crippen molar-refractivity contribution in [2.75, 3.05) is 12.0 Å². The molecule has 1 aromatic heterocycles. The molecule has 0 aliphatic carbocycles. The molecule has 0 fully saturated rings. The van der Waals surface area contributed by atoms with Crippen LogP contribution in [0.1, 0.15) is 26.5 Å². The summed E-state index contributed by atoms with van der Waals surface area (Å²) in [6, 6.07) is 1.96. The normalized spacial score (nSPS) is 23.7. The molecule has 0 bridgehead atoms. The molecule has 6 heteroatoms. The van der Waals surface area contributed by atoms with Crippen molar-refractivity contribution in [2.24, 2.45) is 7.05 Å². The number of aryl methyl sites for hydroxylation is 1. The van der Waals surface area contributed by atoms with Crippen molar-refractivity contribution in [2.45, 2.75) is 37.8 Å². The lowest BCUT2D eigenvalue weighted by Crippen LogP contribution is -2.32. The summed E-state index contributed by atoms with van der Waals surface area (Å²) in [7, 11) is 3.43. The minimum absolute atomic E-state index is 0.0150. The highest BCUT2D eigenvalue weighted by Gasteiger charge is 2.36. The molecular formula is C13H20ClN3O2. The SMILES string of the molecule is COC1=CN(c2cc(C(C)(C)C)n(C)n2)C(O)C1Cl. The van der Waals surface area contributed by atoms with Crippen molar-refractivity contribution < 1.29 is 9.84 Å². The number of halogens is 1. The number of hydrogen-bond donors (Lipinski definition) is 1. The number of aliphatic hydroxyl groups excluding tert-OH is 1. The molecule has 2 rings (SSSR count). The maximum Gasteiger partial charge on any atom is 0.157 e. The maximum absolute atomic E-state index is 10.1. The molecule has 1 aromatic rings. The molecule has 2 atom stereocenters. The van der Waals surface area contributed by atoms with E-state index in [-0.39, 0.29) is 5.41 Å². The predicted molar refractivity (Wildman–Crippen MR) is 75.1 cm³/mol. The number of methoxy groups -OCH3 is 1. The first-order chi connectivity index (χ1) is 8.75. The quantitative estimate of drug-likeness (QED) is 0.844. The first-order valence-electron chi connectivity index (χ1n) is 6.16. The number of ether oxygens (including phenoxy) is 1. The van der Waals surface area contributed by atoms with Crippen LogP contribution in [-0.2, 0) is 17.2 Å². The summed E-state index contributed by atoms with van der Waals surface area (Å²) in [5, 5.41) is 14.0. The van der Waals surface area contributed by atoms with Crippen molar-refractivity contribution in [1.82, 2.24) is 9.78 Å². The van der Waals surface area contributed by atoms with Gasteiger partial charge in [-0.2, -0.15) is 5.10 Å².